The summed E-state index contributed by atoms with van der Waals surface area (Å²) >= 11 is 0. The maximum absolute atomic E-state index is 12.8. The van der Waals surface area contributed by atoms with Gasteiger partial charge in [-0.05, 0) is 25.0 Å². The molecule has 1 saturated heterocycles. The van der Waals surface area contributed by atoms with Gasteiger partial charge in [0.05, 0.1) is 23.4 Å². The van der Waals surface area contributed by atoms with Crippen LogP contribution in [0.4, 0.5) is 0 Å². The number of sulfone groups is 1. The van der Waals surface area contributed by atoms with E-state index < -0.39 is 9.84 Å². The summed E-state index contributed by atoms with van der Waals surface area (Å²) in [5.74, 6) is -0.0888. The van der Waals surface area contributed by atoms with Gasteiger partial charge < -0.3 is 4.90 Å². The molecule has 1 fully saturated rings. The third-order valence-electron chi connectivity index (χ3n) is 4.07. The fraction of sp³-hybridized carbons (Fsp3) is 0.438. The molecular formula is C16H20N4O3S. The second-order valence-corrected chi connectivity index (χ2v) is 8.14. The van der Waals surface area contributed by atoms with Crippen LogP contribution in [0, 0.1) is 0 Å². The van der Waals surface area contributed by atoms with Crippen molar-refractivity contribution >= 4 is 15.7 Å². The lowest BCUT2D eigenvalue weighted by Crippen LogP contribution is -2.41. The molecule has 7 nitrogen and oxygen atoms in total. The van der Waals surface area contributed by atoms with Crippen molar-refractivity contribution in [1.82, 2.24) is 19.9 Å². The highest BCUT2D eigenvalue weighted by Gasteiger charge is 2.35. The molecule has 2 heterocycles. The van der Waals surface area contributed by atoms with Crippen LogP contribution in [0.3, 0.4) is 0 Å². The minimum atomic E-state index is -3.05. The minimum absolute atomic E-state index is 0.0333. The van der Waals surface area contributed by atoms with Crippen LogP contribution in [-0.4, -0.2) is 58.3 Å². The minimum Gasteiger partial charge on any atom is -0.333 e. The van der Waals surface area contributed by atoms with E-state index in [1.54, 1.807) is 4.90 Å². The molecule has 8 heteroatoms. The summed E-state index contributed by atoms with van der Waals surface area (Å²) in [6.45, 7) is 2.47. The molecule has 0 aliphatic carbocycles. The van der Waals surface area contributed by atoms with E-state index in [1.165, 1.54) is 11.0 Å². The van der Waals surface area contributed by atoms with Gasteiger partial charge in [0.1, 0.15) is 0 Å². The Kier molecular flexibility index (Phi) is 4.66. The summed E-state index contributed by atoms with van der Waals surface area (Å²) in [6.07, 6.45) is 2.68. The zero-order chi connectivity index (χ0) is 17.2. The molecule has 1 amide bonds. The van der Waals surface area contributed by atoms with Crippen LogP contribution in [0.25, 0.3) is 5.69 Å². The van der Waals surface area contributed by atoms with Crippen molar-refractivity contribution in [2.45, 2.75) is 25.8 Å². The van der Waals surface area contributed by atoms with Gasteiger partial charge in [0.2, 0.25) is 0 Å². The van der Waals surface area contributed by atoms with Crippen molar-refractivity contribution in [1.29, 1.82) is 0 Å². The van der Waals surface area contributed by atoms with E-state index in [0.717, 1.165) is 12.1 Å². The van der Waals surface area contributed by atoms with Crippen LogP contribution < -0.4 is 0 Å². The Balaban J connectivity index is 1.82. The van der Waals surface area contributed by atoms with Crippen LogP contribution in [0.1, 0.15) is 30.3 Å². The van der Waals surface area contributed by atoms with E-state index >= 15 is 0 Å². The number of para-hydroxylation sites is 1. The first-order chi connectivity index (χ1) is 11.5. The predicted molar refractivity (Wildman–Crippen MR) is 89.7 cm³/mol. The molecule has 0 unspecified atom stereocenters. The van der Waals surface area contributed by atoms with Crippen molar-refractivity contribution in [3.63, 3.8) is 0 Å². The lowest BCUT2D eigenvalue weighted by atomic mass is 10.2. The van der Waals surface area contributed by atoms with E-state index in [0.29, 0.717) is 13.0 Å². The fourth-order valence-corrected chi connectivity index (χ4v) is 4.64. The Morgan fingerprint density at radius 1 is 1.33 bits per heavy atom. The molecular weight excluding hydrogens is 328 g/mol. The fourth-order valence-electron chi connectivity index (χ4n) is 2.91. The molecule has 0 spiro atoms. The SMILES string of the molecule is CCCN(C(=O)c1cnn(-c2ccccc2)n1)[C@@H]1CCS(=O)(=O)C1. The molecule has 1 atom stereocenters. The second kappa shape index (κ2) is 6.72. The lowest BCUT2D eigenvalue weighted by Gasteiger charge is -2.26. The monoisotopic (exact) mass is 348 g/mol. The van der Waals surface area contributed by atoms with Gasteiger partial charge in [0.25, 0.3) is 5.91 Å². The molecule has 3 rings (SSSR count). The van der Waals surface area contributed by atoms with Crippen molar-refractivity contribution in [2.75, 3.05) is 18.1 Å². The van der Waals surface area contributed by atoms with Crippen molar-refractivity contribution in [3.05, 3.63) is 42.2 Å². The van der Waals surface area contributed by atoms with Gasteiger partial charge in [0.15, 0.2) is 15.5 Å². The zero-order valence-corrected chi connectivity index (χ0v) is 14.3. The largest absolute Gasteiger partial charge is 0.333 e. The molecule has 0 N–H and O–H groups in total. The average Bonchev–Trinajstić information content (AvgIpc) is 3.19. The Hall–Kier alpha value is -2.22. The molecule has 0 bridgehead atoms. The van der Waals surface area contributed by atoms with E-state index in [9.17, 15) is 13.2 Å². The van der Waals surface area contributed by atoms with Gasteiger partial charge >= 0.3 is 0 Å². The second-order valence-electron chi connectivity index (χ2n) is 5.91. The number of rotatable bonds is 5. The highest BCUT2D eigenvalue weighted by molar-refractivity contribution is 7.91. The first-order valence-electron chi connectivity index (χ1n) is 7.99. The van der Waals surface area contributed by atoms with Crippen LogP contribution >= 0.6 is 0 Å². The maximum atomic E-state index is 12.8. The number of carbonyl (C=O) groups is 1. The summed E-state index contributed by atoms with van der Waals surface area (Å²) in [5, 5.41) is 8.40. The molecule has 0 radical (unpaired) electrons. The quantitative estimate of drug-likeness (QED) is 0.813. The summed E-state index contributed by atoms with van der Waals surface area (Å²) in [7, 11) is -3.05. The number of amides is 1. The summed E-state index contributed by atoms with van der Waals surface area (Å²) in [5.41, 5.74) is 0.999. The summed E-state index contributed by atoms with van der Waals surface area (Å²) in [4.78, 5) is 15.8. The third kappa shape index (κ3) is 3.48. The smallest absolute Gasteiger partial charge is 0.276 e. The Labute approximate surface area is 141 Å². The number of aromatic nitrogens is 3. The summed E-state index contributed by atoms with van der Waals surface area (Å²) in [6, 6.07) is 9.05. The van der Waals surface area contributed by atoms with Crippen LogP contribution in [0.5, 0.6) is 0 Å². The van der Waals surface area contributed by atoms with Gasteiger partial charge in [0, 0.05) is 12.6 Å². The van der Waals surface area contributed by atoms with E-state index in [1.807, 2.05) is 37.3 Å². The molecule has 24 heavy (non-hydrogen) atoms. The molecule has 0 saturated carbocycles. The van der Waals surface area contributed by atoms with Gasteiger partial charge in [-0.2, -0.15) is 9.90 Å². The lowest BCUT2D eigenvalue weighted by molar-refractivity contribution is 0.0690. The number of nitrogens with zero attached hydrogens (tertiary/aromatic N) is 4. The molecule has 2 aromatic rings. The van der Waals surface area contributed by atoms with Crippen LogP contribution in [-0.2, 0) is 9.84 Å². The Bertz CT molecular complexity index is 817. The summed E-state index contributed by atoms with van der Waals surface area (Å²) < 4.78 is 23.5. The van der Waals surface area contributed by atoms with E-state index in [4.69, 9.17) is 0 Å². The molecule has 1 aromatic heterocycles. The van der Waals surface area contributed by atoms with Gasteiger partial charge in [-0.3, -0.25) is 4.79 Å². The van der Waals surface area contributed by atoms with Gasteiger partial charge in [-0.15, -0.1) is 5.10 Å². The highest BCUT2D eigenvalue weighted by Crippen LogP contribution is 2.20. The van der Waals surface area contributed by atoms with Crippen LogP contribution in [0.2, 0.25) is 0 Å². The average molecular weight is 348 g/mol. The normalized spacial score (nSPS) is 19.3. The molecule has 1 aromatic carbocycles. The first kappa shape index (κ1) is 16.6. The van der Waals surface area contributed by atoms with Crippen molar-refractivity contribution < 1.29 is 13.2 Å². The number of benzene rings is 1. The third-order valence-corrected chi connectivity index (χ3v) is 5.82. The van der Waals surface area contributed by atoms with E-state index in [-0.39, 0.29) is 29.1 Å². The highest BCUT2D eigenvalue weighted by atomic mass is 32.2. The number of hydrogen-bond donors (Lipinski definition) is 0. The standard InChI is InChI=1S/C16H20N4O3S/c1-2-9-19(14-8-10-24(22,23)12-14)16(21)15-11-17-20(18-15)13-6-4-3-5-7-13/h3-7,11,14H,2,8-10,12H2,1H3/t14-/m1/s1. The molecule has 128 valence electrons. The van der Waals surface area contributed by atoms with E-state index in [2.05, 4.69) is 10.2 Å². The maximum Gasteiger partial charge on any atom is 0.276 e. The molecule has 1 aliphatic heterocycles. The number of hydrogen-bond acceptors (Lipinski definition) is 5. The van der Waals surface area contributed by atoms with Gasteiger partial charge in [-0.1, -0.05) is 25.1 Å². The first-order valence-corrected chi connectivity index (χ1v) is 9.81. The topological polar surface area (TPSA) is 85.2 Å². The Morgan fingerprint density at radius 2 is 2.08 bits per heavy atom. The predicted octanol–water partition coefficient (Wildman–Crippen LogP) is 1.31. The number of carbonyl (C=O) groups excluding carboxylic acids is 1. The van der Waals surface area contributed by atoms with Gasteiger partial charge in [-0.25, -0.2) is 8.42 Å². The zero-order valence-electron chi connectivity index (χ0n) is 13.5. The van der Waals surface area contributed by atoms with Crippen LogP contribution in [0.15, 0.2) is 36.5 Å². The molecule has 1 aliphatic rings. The van der Waals surface area contributed by atoms with Crippen molar-refractivity contribution in [2.24, 2.45) is 0 Å². The Morgan fingerprint density at radius 3 is 2.71 bits per heavy atom. The van der Waals surface area contributed by atoms with Crippen molar-refractivity contribution in [3.8, 4) is 5.69 Å².